The largest absolute Gasteiger partial charge is 0.505 e. The molecule has 0 saturated carbocycles. The maximum atomic E-state index is 13.1. The van der Waals surface area contributed by atoms with Gasteiger partial charge in [-0.15, -0.1) is 21.6 Å². The first-order valence-corrected chi connectivity index (χ1v) is 11.8. The number of carbonyl (C=O) groups is 1. The van der Waals surface area contributed by atoms with Crippen molar-refractivity contribution in [2.75, 3.05) is 0 Å². The van der Waals surface area contributed by atoms with Gasteiger partial charge in [0.15, 0.2) is 11.4 Å². The van der Waals surface area contributed by atoms with Crippen molar-refractivity contribution in [3.63, 3.8) is 0 Å². The van der Waals surface area contributed by atoms with Crippen LogP contribution < -0.4 is 5.56 Å². The molecule has 0 amide bonds. The molecule has 0 aliphatic heterocycles. The zero-order valence-electron chi connectivity index (χ0n) is 18.4. The number of carboxylic acid groups (broad SMARTS) is 1. The van der Waals surface area contributed by atoms with Crippen LogP contribution in [0.4, 0.5) is 11.4 Å². The third-order valence-electron chi connectivity index (χ3n) is 6.02. The number of carboxylic acids is 1. The zero-order valence-corrected chi connectivity index (χ0v) is 19.2. The topological polar surface area (TPSA) is 120 Å². The normalized spacial score (nSPS) is 13.3. The minimum atomic E-state index is -1.02. The Hall–Kier alpha value is -3.98. The standard InChI is InChI=1S/C25H22N4O4S/c1-14-22(24(31)29(28-14)18-10-9-15-5-2-3-6-16(15)11-18)27-26-20-8-4-7-19(23(20)30)17-12-21(25(32)33)34-13-17/h4,7-13,28,30H,2-3,5-6H2,1H3,(H,32,33). The van der Waals surface area contributed by atoms with Gasteiger partial charge in [-0.25, -0.2) is 9.48 Å². The average molecular weight is 475 g/mol. The molecule has 1 aliphatic carbocycles. The second kappa shape index (κ2) is 8.75. The molecule has 0 radical (unpaired) electrons. The van der Waals surface area contributed by atoms with E-state index in [2.05, 4.69) is 21.4 Å². The lowest BCUT2D eigenvalue weighted by Gasteiger charge is -2.16. The lowest BCUT2D eigenvalue weighted by molar-refractivity contribution is 0.0702. The molecule has 3 N–H and O–H groups in total. The van der Waals surface area contributed by atoms with Crippen molar-refractivity contribution in [3.05, 3.63) is 79.9 Å². The van der Waals surface area contributed by atoms with Crippen molar-refractivity contribution >= 4 is 28.7 Å². The maximum Gasteiger partial charge on any atom is 0.345 e. The summed E-state index contributed by atoms with van der Waals surface area (Å²) in [6.45, 7) is 1.75. The number of aromatic nitrogens is 2. The van der Waals surface area contributed by atoms with Gasteiger partial charge in [0.1, 0.15) is 10.6 Å². The maximum absolute atomic E-state index is 13.1. The van der Waals surface area contributed by atoms with Crippen molar-refractivity contribution in [1.29, 1.82) is 0 Å². The highest BCUT2D eigenvalue weighted by atomic mass is 32.1. The van der Waals surface area contributed by atoms with Crippen LogP contribution >= 0.6 is 11.3 Å². The van der Waals surface area contributed by atoms with Crippen molar-refractivity contribution in [2.45, 2.75) is 32.6 Å². The first-order chi connectivity index (χ1) is 16.4. The van der Waals surface area contributed by atoms with Gasteiger partial charge in [0.05, 0.1) is 11.4 Å². The second-order valence-electron chi connectivity index (χ2n) is 8.26. The summed E-state index contributed by atoms with van der Waals surface area (Å²) in [7, 11) is 0. The molecule has 0 bridgehead atoms. The Bertz CT molecular complexity index is 1500. The smallest absolute Gasteiger partial charge is 0.345 e. The third kappa shape index (κ3) is 3.94. The number of para-hydroxylation sites is 1. The Morgan fingerprint density at radius 3 is 2.65 bits per heavy atom. The number of rotatable bonds is 5. The van der Waals surface area contributed by atoms with Crippen LogP contribution in [0.25, 0.3) is 16.8 Å². The summed E-state index contributed by atoms with van der Waals surface area (Å²) in [5.41, 5.74) is 4.96. The van der Waals surface area contributed by atoms with Gasteiger partial charge in [-0.1, -0.05) is 18.2 Å². The van der Waals surface area contributed by atoms with Crippen LogP contribution in [0.3, 0.4) is 0 Å². The van der Waals surface area contributed by atoms with Crippen molar-refractivity contribution < 1.29 is 15.0 Å². The van der Waals surface area contributed by atoms with Gasteiger partial charge in [0.25, 0.3) is 5.56 Å². The zero-order chi connectivity index (χ0) is 23.8. The fourth-order valence-corrected chi connectivity index (χ4v) is 4.98. The highest BCUT2D eigenvalue weighted by Crippen LogP contribution is 2.39. The highest BCUT2D eigenvalue weighted by molar-refractivity contribution is 7.12. The number of thiophene rings is 1. The van der Waals surface area contributed by atoms with E-state index in [1.54, 1.807) is 30.5 Å². The Labute approximate surface area is 198 Å². The number of hydrogen-bond acceptors (Lipinski definition) is 6. The summed E-state index contributed by atoms with van der Waals surface area (Å²) >= 11 is 1.08. The molecule has 172 valence electrons. The summed E-state index contributed by atoms with van der Waals surface area (Å²) < 4.78 is 1.47. The molecule has 0 atom stereocenters. The molecule has 2 aromatic heterocycles. The van der Waals surface area contributed by atoms with E-state index in [4.69, 9.17) is 5.11 Å². The van der Waals surface area contributed by atoms with Crippen LogP contribution in [0.15, 0.2) is 62.9 Å². The average Bonchev–Trinajstić information content (AvgIpc) is 3.43. The van der Waals surface area contributed by atoms with Crippen molar-refractivity contribution in [3.8, 4) is 22.6 Å². The second-order valence-corrected chi connectivity index (χ2v) is 9.18. The Balaban J connectivity index is 1.47. The molecule has 0 saturated heterocycles. The third-order valence-corrected chi connectivity index (χ3v) is 6.94. The lowest BCUT2D eigenvalue weighted by atomic mass is 9.91. The van der Waals surface area contributed by atoms with E-state index in [0.717, 1.165) is 36.3 Å². The van der Waals surface area contributed by atoms with E-state index in [1.807, 2.05) is 12.1 Å². The molecule has 9 heteroatoms. The van der Waals surface area contributed by atoms with Crippen LogP contribution in [0.1, 0.15) is 39.3 Å². The molecule has 8 nitrogen and oxygen atoms in total. The van der Waals surface area contributed by atoms with E-state index in [0.29, 0.717) is 16.8 Å². The monoisotopic (exact) mass is 474 g/mol. The summed E-state index contributed by atoms with van der Waals surface area (Å²) in [6, 6.07) is 12.5. The van der Waals surface area contributed by atoms with Crippen LogP contribution in [0.5, 0.6) is 5.75 Å². The molecule has 34 heavy (non-hydrogen) atoms. The SMILES string of the molecule is Cc1[nH]n(-c2ccc3c(c2)CCCC3)c(=O)c1N=Nc1cccc(-c2csc(C(=O)O)c2)c1O. The predicted molar refractivity (Wildman–Crippen MR) is 130 cm³/mol. The number of phenols is 1. The number of aromatic carboxylic acids is 1. The quantitative estimate of drug-likeness (QED) is 0.312. The molecule has 5 rings (SSSR count). The fourth-order valence-electron chi connectivity index (χ4n) is 4.23. The molecule has 2 heterocycles. The first-order valence-electron chi connectivity index (χ1n) is 10.9. The Kier molecular flexibility index (Phi) is 5.62. The number of azo groups is 1. The van der Waals surface area contributed by atoms with E-state index in [1.165, 1.54) is 28.3 Å². The molecule has 0 spiro atoms. The van der Waals surface area contributed by atoms with Crippen LogP contribution in [-0.4, -0.2) is 26.0 Å². The summed E-state index contributed by atoms with van der Waals surface area (Å²) in [5.74, 6) is -1.16. The predicted octanol–water partition coefficient (Wildman–Crippen LogP) is 5.90. The number of nitrogens with zero attached hydrogens (tertiary/aromatic N) is 3. The van der Waals surface area contributed by atoms with Crippen molar-refractivity contribution in [1.82, 2.24) is 9.78 Å². The van der Waals surface area contributed by atoms with Gasteiger partial charge in [0, 0.05) is 5.56 Å². The Morgan fingerprint density at radius 1 is 1.09 bits per heavy atom. The van der Waals surface area contributed by atoms with Crippen LogP contribution in [0, 0.1) is 6.92 Å². The summed E-state index contributed by atoms with van der Waals surface area (Å²) in [4.78, 5) is 24.4. The lowest BCUT2D eigenvalue weighted by Crippen LogP contribution is -2.15. The molecule has 0 fully saturated rings. The fraction of sp³-hybridized carbons (Fsp3) is 0.200. The van der Waals surface area contributed by atoms with Gasteiger partial charge in [-0.2, -0.15) is 0 Å². The van der Waals surface area contributed by atoms with Gasteiger partial charge in [-0.3, -0.25) is 9.89 Å². The van der Waals surface area contributed by atoms with E-state index >= 15 is 0 Å². The first kappa shape index (κ1) is 21.8. The van der Waals surface area contributed by atoms with E-state index in [-0.39, 0.29) is 27.6 Å². The number of benzene rings is 2. The Morgan fingerprint density at radius 2 is 1.88 bits per heavy atom. The number of aromatic hydroxyl groups is 1. The van der Waals surface area contributed by atoms with E-state index < -0.39 is 5.97 Å². The molecule has 0 unspecified atom stereocenters. The van der Waals surface area contributed by atoms with Crippen molar-refractivity contribution in [2.24, 2.45) is 10.2 Å². The number of fused-ring (bicyclic) bond motifs is 1. The number of hydrogen-bond donors (Lipinski definition) is 3. The highest BCUT2D eigenvalue weighted by Gasteiger charge is 2.17. The number of aromatic amines is 1. The number of phenolic OH excluding ortho intramolecular Hbond substituents is 1. The number of aryl methyl sites for hydroxylation is 3. The molecular weight excluding hydrogens is 452 g/mol. The van der Waals surface area contributed by atoms with Gasteiger partial charge in [-0.05, 0) is 78.9 Å². The molecule has 2 aromatic carbocycles. The van der Waals surface area contributed by atoms with E-state index in [9.17, 15) is 14.7 Å². The molecule has 4 aromatic rings. The van der Waals surface area contributed by atoms with Crippen LogP contribution in [-0.2, 0) is 12.8 Å². The molecular formula is C25H22N4O4S. The summed E-state index contributed by atoms with van der Waals surface area (Å²) in [6.07, 6.45) is 4.43. The minimum Gasteiger partial charge on any atom is -0.505 e. The number of H-pyrrole nitrogens is 1. The molecule has 1 aliphatic rings. The minimum absolute atomic E-state index is 0.135. The van der Waals surface area contributed by atoms with Gasteiger partial charge < -0.3 is 10.2 Å². The number of nitrogens with one attached hydrogen (secondary N) is 1. The van der Waals surface area contributed by atoms with Gasteiger partial charge >= 0.3 is 5.97 Å². The van der Waals surface area contributed by atoms with Crippen LogP contribution in [0.2, 0.25) is 0 Å². The van der Waals surface area contributed by atoms with Gasteiger partial charge in [0.2, 0.25) is 0 Å². The summed E-state index contributed by atoms with van der Waals surface area (Å²) in [5, 5.41) is 32.9.